The van der Waals surface area contributed by atoms with Gasteiger partial charge in [-0.05, 0) is 29.8 Å². The van der Waals surface area contributed by atoms with Gasteiger partial charge in [-0.2, -0.15) is 0 Å². The van der Waals surface area contributed by atoms with Crippen LogP contribution in [0.2, 0.25) is 0 Å². The molecule has 0 aromatic heterocycles. The molecule has 0 fully saturated rings. The molecule has 25 heavy (non-hydrogen) atoms. The molecule has 1 amide bonds. The number of carbonyl (C=O) groups is 2. The molecule has 1 atom stereocenters. The summed E-state index contributed by atoms with van der Waals surface area (Å²) in [7, 11) is 1.59. The molecule has 126 valence electrons. The maximum Gasteiger partial charge on any atom is 0.336 e. The molecular formula is C20H17NO4. The fraction of sp³-hybridized carbons (Fsp3) is 0.200. The molecule has 0 aliphatic carbocycles. The van der Waals surface area contributed by atoms with E-state index in [0.717, 1.165) is 11.3 Å². The van der Waals surface area contributed by atoms with Gasteiger partial charge in [-0.1, -0.05) is 30.3 Å². The van der Waals surface area contributed by atoms with E-state index >= 15 is 0 Å². The number of cyclic esters (lactones) is 1. The van der Waals surface area contributed by atoms with Crippen molar-refractivity contribution in [3.8, 4) is 5.75 Å². The Hall–Kier alpha value is -3.08. The van der Waals surface area contributed by atoms with Gasteiger partial charge < -0.3 is 9.47 Å². The molecule has 0 radical (unpaired) electrons. The molecule has 4 rings (SSSR count). The van der Waals surface area contributed by atoms with E-state index in [0.29, 0.717) is 17.0 Å². The number of ether oxygens (including phenoxy) is 2. The Morgan fingerprint density at radius 3 is 2.64 bits per heavy atom. The van der Waals surface area contributed by atoms with Crippen molar-refractivity contribution in [2.45, 2.75) is 12.3 Å². The van der Waals surface area contributed by atoms with E-state index in [1.165, 1.54) is 0 Å². The van der Waals surface area contributed by atoms with Crippen molar-refractivity contribution in [1.29, 1.82) is 0 Å². The topological polar surface area (TPSA) is 55.8 Å². The fourth-order valence-electron chi connectivity index (χ4n) is 3.47. The fourth-order valence-corrected chi connectivity index (χ4v) is 3.47. The molecule has 2 aromatic rings. The first-order chi connectivity index (χ1) is 12.2. The molecule has 0 bridgehead atoms. The van der Waals surface area contributed by atoms with Crippen molar-refractivity contribution >= 4 is 17.6 Å². The highest BCUT2D eigenvalue weighted by Crippen LogP contribution is 2.42. The van der Waals surface area contributed by atoms with Gasteiger partial charge in [0.15, 0.2) is 0 Å². The number of methoxy groups -OCH3 is 1. The highest BCUT2D eigenvalue weighted by atomic mass is 16.5. The first-order valence-electron chi connectivity index (χ1n) is 8.11. The average molecular weight is 335 g/mol. The number of anilines is 1. The van der Waals surface area contributed by atoms with Crippen molar-refractivity contribution < 1.29 is 19.1 Å². The standard InChI is InChI=1S/C20H17NO4/c1-24-15-9-5-6-13(10-15)16-11-18(22)21(14-7-3-2-4-8-14)17-12-25-20(23)19(16)17/h2-10,16H,11-12H2,1H3/t16-/m0/s1. The van der Waals surface area contributed by atoms with Crippen LogP contribution in [-0.2, 0) is 14.3 Å². The summed E-state index contributed by atoms with van der Waals surface area (Å²) in [4.78, 5) is 26.9. The van der Waals surface area contributed by atoms with Crippen LogP contribution in [-0.4, -0.2) is 25.6 Å². The van der Waals surface area contributed by atoms with Crippen LogP contribution in [0.4, 0.5) is 5.69 Å². The zero-order chi connectivity index (χ0) is 17.4. The highest BCUT2D eigenvalue weighted by Gasteiger charge is 2.42. The summed E-state index contributed by atoms with van der Waals surface area (Å²) in [6.07, 6.45) is 0.218. The van der Waals surface area contributed by atoms with Gasteiger partial charge in [-0.25, -0.2) is 4.79 Å². The largest absolute Gasteiger partial charge is 0.497 e. The van der Waals surface area contributed by atoms with Gasteiger partial charge in [0.1, 0.15) is 12.4 Å². The number of hydrogen-bond acceptors (Lipinski definition) is 4. The summed E-state index contributed by atoms with van der Waals surface area (Å²) < 4.78 is 10.5. The molecule has 2 aliphatic rings. The maximum absolute atomic E-state index is 12.9. The van der Waals surface area contributed by atoms with Gasteiger partial charge >= 0.3 is 5.97 Å². The van der Waals surface area contributed by atoms with Gasteiger partial charge in [0, 0.05) is 18.0 Å². The molecule has 0 unspecified atom stereocenters. The number of rotatable bonds is 3. The van der Waals surface area contributed by atoms with Crippen molar-refractivity contribution in [1.82, 2.24) is 0 Å². The number of para-hydroxylation sites is 1. The van der Waals surface area contributed by atoms with E-state index in [4.69, 9.17) is 9.47 Å². The lowest BCUT2D eigenvalue weighted by Gasteiger charge is -2.31. The van der Waals surface area contributed by atoms with E-state index in [2.05, 4.69) is 0 Å². The molecule has 2 aliphatic heterocycles. The van der Waals surface area contributed by atoms with Crippen molar-refractivity contribution in [2.75, 3.05) is 18.6 Å². The van der Waals surface area contributed by atoms with Crippen LogP contribution in [0.1, 0.15) is 17.9 Å². The first kappa shape index (κ1) is 15.4. The number of carbonyl (C=O) groups excluding carboxylic acids is 2. The summed E-state index contributed by atoms with van der Waals surface area (Å²) in [6.45, 7) is 0.120. The van der Waals surface area contributed by atoms with E-state index in [1.807, 2.05) is 54.6 Å². The summed E-state index contributed by atoms with van der Waals surface area (Å²) >= 11 is 0. The van der Waals surface area contributed by atoms with Crippen molar-refractivity contribution in [2.24, 2.45) is 0 Å². The lowest BCUT2D eigenvalue weighted by Crippen LogP contribution is -2.37. The lowest BCUT2D eigenvalue weighted by molar-refractivity contribution is -0.136. The van der Waals surface area contributed by atoms with Crippen molar-refractivity contribution in [3.63, 3.8) is 0 Å². The van der Waals surface area contributed by atoms with Gasteiger partial charge in [0.2, 0.25) is 5.91 Å². The zero-order valence-corrected chi connectivity index (χ0v) is 13.8. The number of benzene rings is 2. The Morgan fingerprint density at radius 2 is 1.88 bits per heavy atom. The third-order valence-corrected chi connectivity index (χ3v) is 4.63. The third kappa shape index (κ3) is 2.58. The molecule has 5 heteroatoms. The molecule has 0 N–H and O–H groups in total. The average Bonchev–Trinajstić information content (AvgIpc) is 3.03. The molecule has 0 saturated heterocycles. The lowest BCUT2D eigenvalue weighted by atomic mass is 9.84. The van der Waals surface area contributed by atoms with Gasteiger partial charge in [-0.3, -0.25) is 9.69 Å². The number of esters is 1. The second-order valence-electron chi connectivity index (χ2n) is 6.03. The normalized spacial score (nSPS) is 19.7. The van der Waals surface area contributed by atoms with Gasteiger partial charge in [0.25, 0.3) is 0 Å². The highest BCUT2D eigenvalue weighted by molar-refractivity contribution is 6.06. The minimum atomic E-state index is -0.351. The van der Waals surface area contributed by atoms with E-state index in [1.54, 1.807) is 12.0 Å². The van der Waals surface area contributed by atoms with Crippen LogP contribution < -0.4 is 9.64 Å². The zero-order valence-electron chi connectivity index (χ0n) is 13.8. The van der Waals surface area contributed by atoms with E-state index in [-0.39, 0.29) is 30.8 Å². The summed E-state index contributed by atoms with van der Waals surface area (Å²) in [5.74, 6) is -0.0103. The van der Waals surface area contributed by atoms with Crippen molar-refractivity contribution in [3.05, 3.63) is 71.4 Å². The molecular weight excluding hydrogens is 318 g/mol. The third-order valence-electron chi connectivity index (χ3n) is 4.63. The monoisotopic (exact) mass is 335 g/mol. The first-order valence-corrected chi connectivity index (χ1v) is 8.11. The quantitative estimate of drug-likeness (QED) is 0.809. The van der Waals surface area contributed by atoms with Gasteiger partial charge in [0.05, 0.1) is 18.4 Å². The minimum absolute atomic E-state index is 0.0453. The second-order valence-corrected chi connectivity index (χ2v) is 6.03. The molecule has 2 heterocycles. The Bertz CT molecular complexity index is 872. The van der Waals surface area contributed by atoms with Gasteiger partial charge in [-0.15, -0.1) is 0 Å². The number of amides is 1. The summed E-state index contributed by atoms with van der Waals surface area (Å²) in [5, 5.41) is 0. The summed E-state index contributed by atoms with van der Waals surface area (Å²) in [6, 6.07) is 16.8. The second kappa shape index (κ2) is 6.09. The minimum Gasteiger partial charge on any atom is -0.497 e. The van der Waals surface area contributed by atoms with Crippen LogP contribution >= 0.6 is 0 Å². The van der Waals surface area contributed by atoms with Crippen LogP contribution in [0, 0.1) is 0 Å². The van der Waals surface area contributed by atoms with E-state index < -0.39 is 0 Å². The van der Waals surface area contributed by atoms with Crippen LogP contribution in [0.25, 0.3) is 0 Å². The molecule has 0 spiro atoms. The SMILES string of the molecule is COc1cccc([C@@H]2CC(=O)N(c3ccccc3)C3=C2C(=O)OC3)c1. The van der Waals surface area contributed by atoms with Crippen LogP contribution in [0.5, 0.6) is 5.75 Å². The Kier molecular flexibility index (Phi) is 3.76. The number of hydrogen-bond donors (Lipinski definition) is 0. The predicted octanol–water partition coefficient (Wildman–Crippen LogP) is 3.03. The Balaban J connectivity index is 1.82. The number of nitrogens with zero attached hydrogens (tertiary/aromatic N) is 1. The Labute approximate surface area is 145 Å². The van der Waals surface area contributed by atoms with Crippen LogP contribution in [0.15, 0.2) is 65.9 Å². The maximum atomic E-state index is 12.9. The van der Waals surface area contributed by atoms with E-state index in [9.17, 15) is 9.59 Å². The smallest absolute Gasteiger partial charge is 0.336 e. The van der Waals surface area contributed by atoms with Crippen LogP contribution in [0.3, 0.4) is 0 Å². The molecule has 0 saturated carbocycles. The predicted molar refractivity (Wildman–Crippen MR) is 92.3 cm³/mol. The molecule has 2 aromatic carbocycles. The Morgan fingerprint density at radius 1 is 1.08 bits per heavy atom. The molecule has 5 nitrogen and oxygen atoms in total. The summed E-state index contributed by atoms with van der Waals surface area (Å²) in [5.41, 5.74) is 2.84.